The third-order valence-corrected chi connectivity index (χ3v) is 5.78. The highest BCUT2D eigenvalue weighted by atomic mass is 16.4. The molecular formula is C20H28N6O2. The van der Waals surface area contributed by atoms with Gasteiger partial charge in [0.25, 0.3) is 5.91 Å². The second-order valence-electron chi connectivity index (χ2n) is 7.74. The van der Waals surface area contributed by atoms with Crippen molar-refractivity contribution < 1.29 is 9.21 Å². The number of carbonyl (C=O) groups is 1. The van der Waals surface area contributed by atoms with Crippen LogP contribution in [0.2, 0.25) is 0 Å². The normalized spacial score (nSPS) is 21.6. The monoisotopic (exact) mass is 384 g/mol. The lowest BCUT2D eigenvalue weighted by atomic mass is 9.96. The number of rotatable bonds is 4. The van der Waals surface area contributed by atoms with Crippen molar-refractivity contribution in [1.29, 1.82) is 0 Å². The Bertz CT molecular complexity index is 893. The number of aromatic nitrogens is 3. The molecule has 0 bridgehead atoms. The van der Waals surface area contributed by atoms with Gasteiger partial charge in [0.2, 0.25) is 5.82 Å². The second kappa shape index (κ2) is 7.50. The molecule has 1 amide bonds. The zero-order chi connectivity index (χ0) is 19.8. The highest BCUT2D eigenvalue weighted by molar-refractivity contribution is 5.90. The summed E-state index contributed by atoms with van der Waals surface area (Å²) < 4.78 is 5.75. The number of carbonyl (C=O) groups excluding carboxylic acids is 1. The van der Waals surface area contributed by atoms with Crippen LogP contribution in [0.15, 0.2) is 4.42 Å². The molecule has 2 aliphatic rings. The van der Waals surface area contributed by atoms with Crippen LogP contribution in [-0.2, 0) is 6.42 Å². The zero-order valence-electron chi connectivity index (χ0n) is 17.0. The Morgan fingerprint density at radius 3 is 2.79 bits per heavy atom. The minimum atomic E-state index is -0.255. The van der Waals surface area contributed by atoms with Crippen LogP contribution in [0.1, 0.15) is 64.5 Å². The molecule has 1 aliphatic carbocycles. The summed E-state index contributed by atoms with van der Waals surface area (Å²) in [6.45, 7) is 7.61. The van der Waals surface area contributed by atoms with E-state index in [-0.39, 0.29) is 17.8 Å². The lowest BCUT2D eigenvalue weighted by Crippen LogP contribution is -2.37. The maximum atomic E-state index is 12.0. The summed E-state index contributed by atoms with van der Waals surface area (Å²) in [5.41, 5.74) is 2.95. The Labute approximate surface area is 165 Å². The summed E-state index contributed by atoms with van der Waals surface area (Å²) in [7, 11) is 1.60. The molecule has 0 radical (unpaired) electrons. The van der Waals surface area contributed by atoms with Crippen LogP contribution in [0.25, 0.3) is 0 Å². The van der Waals surface area contributed by atoms with Gasteiger partial charge in [-0.15, -0.1) is 0 Å². The van der Waals surface area contributed by atoms with E-state index in [2.05, 4.69) is 30.5 Å². The first-order chi connectivity index (χ1) is 13.5. The standard InChI is InChI=1S/C20H28N6O2/c1-11-12(2)22-18(20(27)21-4)25-19(11)26-9-8-14(10-26)24-15-6-5-7-16-17(15)23-13(3)28-16/h14-15,24H,5-10H2,1-4H3,(H,21,27)/t14-,15?/m1/s1. The first kappa shape index (κ1) is 18.9. The number of nitrogens with one attached hydrogen (secondary N) is 2. The van der Waals surface area contributed by atoms with E-state index in [0.29, 0.717) is 6.04 Å². The van der Waals surface area contributed by atoms with Crippen molar-refractivity contribution in [3.8, 4) is 0 Å². The van der Waals surface area contributed by atoms with Gasteiger partial charge >= 0.3 is 0 Å². The molecule has 1 aliphatic heterocycles. The average molecular weight is 384 g/mol. The maximum Gasteiger partial charge on any atom is 0.288 e. The van der Waals surface area contributed by atoms with E-state index in [1.807, 2.05) is 20.8 Å². The number of anilines is 1. The fourth-order valence-corrected chi connectivity index (χ4v) is 4.21. The van der Waals surface area contributed by atoms with E-state index in [4.69, 9.17) is 4.42 Å². The SMILES string of the molecule is CNC(=O)c1nc(C)c(C)c(N2CC[C@@H](NC3CCCc4oc(C)nc43)C2)n1. The van der Waals surface area contributed by atoms with E-state index >= 15 is 0 Å². The smallest absolute Gasteiger partial charge is 0.288 e. The molecule has 2 aromatic heterocycles. The van der Waals surface area contributed by atoms with Crippen LogP contribution in [0, 0.1) is 20.8 Å². The molecule has 0 aromatic carbocycles. The van der Waals surface area contributed by atoms with Gasteiger partial charge in [0.15, 0.2) is 5.89 Å². The highest BCUT2D eigenvalue weighted by Gasteiger charge is 2.31. The van der Waals surface area contributed by atoms with Crippen molar-refractivity contribution in [2.24, 2.45) is 0 Å². The van der Waals surface area contributed by atoms with Gasteiger partial charge in [-0.05, 0) is 33.1 Å². The van der Waals surface area contributed by atoms with Crippen LogP contribution < -0.4 is 15.5 Å². The topological polar surface area (TPSA) is 96.2 Å². The molecule has 8 nitrogen and oxygen atoms in total. The minimum absolute atomic E-state index is 0.229. The van der Waals surface area contributed by atoms with Crippen molar-refractivity contribution in [2.75, 3.05) is 25.0 Å². The lowest BCUT2D eigenvalue weighted by Gasteiger charge is -2.26. The van der Waals surface area contributed by atoms with E-state index < -0.39 is 0 Å². The van der Waals surface area contributed by atoms with Gasteiger partial charge < -0.3 is 20.0 Å². The molecule has 150 valence electrons. The summed E-state index contributed by atoms with van der Waals surface area (Å²) in [5, 5.41) is 6.39. The second-order valence-corrected chi connectivity index (χ2v) is 7.74. The predicted octanol–water partition coefficient (Wildman–Crippen LogP) is 2.00. The van der Waals surface area contributed by atoms with Gasteiger partial charge in [-0.1, -0.05) is 0 Å². The molecular weight excluding hydrogens is 356 g/mol. The molecule has 4 rings (SSSR count). The Hall–Kier alpha value is -2.48. The van der Waals surface area contributed by atoms with Crippen LogP contribution in [0.5, 0.6) is 0 Å². The molecule has 3 heterocycles. The Balaban J connectivity index is 1.49. The number of aryl methyl sites for hydroxylation is 3. The Kier molecular flexibility index (Phi) is 5.05. The van der Waals surface area contributed by atoms with Gasteiger partial charge in [-0.2, -0.15) is 0 Å². The van der Waals surface area contributed by atoms with Crippen molar-refractivity contribution >= 4 is 11.7 Å². The van der Waals surface area contributed by atoms with Gasteiger partial charge in [0.1, 0.15) is 11.6 Å². The first-order valence-corrected chi connectivity index (χ1v) is 10.0. The third kappa shape index (κ3) is 3.48. The Morgan fingerprint density at radius 1 is 1.18 bits per heavy atom. The zero-order valence-corrected chi connectivity index (χ0v) is 17.0. The Morgan fingerprint density at radius 2 is 2.00 bits per heavy atom. The van der Waals surface area contributed by atoms with Crippen LogP contribution in [0.3, 0.4) is 0 Å². The fourth-order valence-electron chi connectivity index (χ4n) is 4.21. The molecule has 2 aromatic rings. The van der Waals surface area contributed by atoms with Crippen molar-refractivity contribution in [2.45, 2.75) is 58.5 Å². The third-order valence-electron chi connectivity index (χ3n) is 5.78. The van der Waals surface area contributed by atoms with Crippen LogP contribution >= 0.6 is 0 Å². The summed E-state index contributed by atoms with van der Waals surface area (Å²) in [5.74, 6) is 2.62. The lowest BCUT2D eigenvalue weighted by molar-refractivity contribution is 0.0952. The molecule has 0 saturated carbocycles. The minimum Gasteiger partial charge on any atom is -0.446 e. The highest BCUT2D eigenvalue weighted by Crippen LogP contribution is 2.31. The number of oxazole rings is 1. The first-order valence-electron chi connectivity index (χ1n) is 10.0. The number of hydrogen-bond acceptors (Lipinski definition) is 7. The van der Waals surface area contributed by atoms with Crippen molar-refractivity contribution in [3.05, 3.63) is 34.4 Å². The predicted molar refractivity (Wildman–Crippen MR) is 106 cm³/mol. The number of nitrogens with zero attached hydrogens (tertiary/aromatic N) is 4. The van der Waals surface area contributed by atoms with Crippen molar-refractivity contribution in [1.82, 2.24) is 25.6 Å². The van der Waals surface area contributed by atoms with Crippen LogP contribution in [0.4, 0.5) is 5.82 Å². The van der Waals surface area contributed by atoms with Crippen LogP contribution in [-0.4, -0.2) is 47.0 Å². The van der Waals surface area contributed by atoms with Gasteiger partial charge in [0, 0.05) is 50.8 Å². The maximum absolute atomic E-state index is 12.0. The molecule has 1 fully saturated rings. The summed E-state index contributed by atoms with van der Waals surface area (Å²) >= 11 is 0. The number of amides is 1. The molecule has 2 atom stereocenters. The molecule has 0 spiro atoms. The number of fused-ring (bicyclic) bond motifs is 1. The van der Waals surface area contributed by atoms with Gasteiger partial charge in [-0.3, -0.25) is 4.79 Å². The van der Waals surface area contributed by atoms with E-state index in [1.165, 1.54) is 0 Å². The average Bonchev–Trinajstić information content (AvgIpc) is 3.29. The van der Waals surface area contributed by atoms with E-state index in [1.54, 1.807) is 7.05 Å². The van der Waals surface area contributed by atoms with Gasteiger partial charge in [0.05, 0.1) is 11.7 Å². The summed E-state index contributed by atoms with van der Waals surface area (Å²) in [6, 6.07) is 0.604. The van der Waals surface area contributed by atoms with E-state index in [0.717, 1.165) is 73.2 Å². The summed E-state index contributed by atoms with van der Waals surface area (Å²) in [6.07, 6.45) is 4.21. The fraction of sp³-hybridized carbons (Fsp3) is 0.600. The molecule has 28 heavy (non-hydrogen) atoms. The van der Waals surface area contributed by atoms with Crippen molar-refractivity contribution in [3.63, 3.8) is 0 Å². The summed E-state index contributed by atoms with van der Waals surface area (Å²) in [4.78, 5) is 27.8. The quantitative estimate of drug-likeness (QED) is 0.832. The van der Waals surface area contributed by atoms with E-state index in [9.17, 15) is 4.79 Å². The molecule has 8 heteroatoms. The molecule has 1 unspecified atom stereocenters. The largest absolute Gasteiger partial charge is 0.446 e. The molecule has 2 N–H and O–H groups in total. The molecule has 1 saturated heterocycles. The number of hydrogen-bond donors (Lipinski definition) is 2. The van der Waals surface area contributed by atoms with Gasteiger partial charge in [-0.25, -0.2) is 15.0 Å².